The maximum Gasteiger partial charge on any atom is 0.224 e. The molecule has 0 radical (unpaired) electrons. The Hall–Kier alpha value is -1.55. The highest BCUT2D eigenvalue weighted by molar-refractivity contribution is 5.76. The molecule has 0 saturated carbocycles. The van der Waals surface area contributed by atoms with Crippen LogP contribution in [0.3, 0.4) is 0 Å². The summed E-state index contributed by atoms with van der Waals surface area (Å²) in [6.45, 7) is 3.88. The van der Waals surface area contributed by atoms with E-state index in [2.05, 4.69) is 0 Å². The maximum atomic E-state index is 12.0. The van der Waals surface area contributed by atoms with Crippen molar-refractivity contribution in [2.24, 2.45) is 5.73 Å². The van der Waals surface area contributed by atoms with Gasteiger partial charge in [-0.15, -0.1) is 0 Å². The second-order valence-electron chi connectivity index (χ2n) is 5.05. The monoisotopic (exact) mass is 264 g/mol. The van der Waals surface area contributed by atoms with Gasteiger partial charge in [0.1, 0.15) is 5.75 Å². The second-order valence-corrected chi connectivity index (χ2v) is 5.05. The number of benzene rings is 1. The van der Waals surface area contributed by atoms with E-state index < -0.39 is 0 Å². The van der Waals surface area contributed by atoms with Crippen LogP contribution in [0, 0.1) is 0 Å². The predicted molar refractivity (Wildman–Crippen MR) is 77.2 cm³/mol. The highest BCUT2D eigenvalue weighted by Crippen LogP contribution is 2.20. The number of carbonyl (C=O) groups is 1. The summed E-state index contributed by atoms with van der Waals surface area (Å²) >= 11 is 0. The molecule has 1 amide bonds. The van der Waals surface area contributed by atoms with Crippen LogP contribution in [0.2, 0.25) is 0 Å². The highest BCUT2D eigenvalue weighted by Gasteiger charge is 2.18. The zero-order valence-corrected chi connectivity index (χ0v) is 12.2. The molecule has 2 atom stereocenters. The molecule has 4 nitrogen and oxygen atoms in total. The number of nitrogens with zero attached hydrogens (tertiary/aromatic N) is 1. The van der Waals surface area contributed by atoms with Gasteiger partial charge in [0.05, 0.1) is 7.11 Å². The first-order valence-corrected chi connectivity index (χ1v) is 6.58. The summed E-state index contributed by atoms with van der Waals surface area (Å²) in [7, 11) is 3.49. The number of likely N-dealkylation sites (N-methyl/N-ethyl adjacent to an activating group) is 1. The summed E-state index contributed by atoms with van der Waals surface area (Å²) in [4.78, 5) is 13.7. The molecule has 0 aliphatic carbocycles. The molecule has 19 heavy (non-hydrogen) atoms. The molecule has 0 aliphatic rings. The molecule has 2 unspecified atom stereocenters. The van der Waals surface area contributed by atoms with E-state index in [1.54, 1.807) is 12.0 Å². The van der Waals surface area contributed by atoms with Gasteiger partial charge in [-0.05, 0) is 31.9 Å². The molecule has 0 fully saturated rings. The number of amides is 1. The van der Waals surface area contributed by atoms with Crippen molar-refractivity contribution >= 4 is 5.91 Å². The standard InChI is InChI=1S/C15H24N2O2/c1-11(16)9-15(18)17(3)12(2)10-13-7-5-6-8-14(13)19-4/h5-8,11-12H,9-10,16H2,1-4H3. The van der Waals surface area contributed by atoms with E-state index in [0.29, 0.717) is 6.42 Å². The third kappa shape index (κ3) is 4.56. The fourth-order valence-electron chi connectivity index (χ4n) is 1.99. The van der Waals surface area contributed by atoms with E-state index in [9.17, 15) is 4.79 Å². The number of hydrogen-bond donors (Lipinski definition) is 1. The van der Waals surface area contributed by atoms with Gasteiger partial charge in [-0.1, -0.05) is 18.2 Å². The predicted octanol–water partition coefficient (Wildman–Crippen LogP) is 1.82. The highest BCUT2D eigenvalue weighted by atomic mass is 16.5. The fourth-order valence-corrected chi connectivity index (χ4v) is 1.99. The smallest absolute Gasteiger partial charge is 0.224 e. The molecule has 0 aliphatic heterocycles. The number of carbonyl (C=O) groups excluding carboxylic acids is 1. The van der Waals surface area contributed by atoms with Crippen molar-refractivity contribution in [2.75, 3.05) is 14.2 Å². The van der Waals surface area contributed by atoms with Gasteiger partial charge in [0.25, 0.3) is 0 Å². The van der Waals surface area contributed by atoms with Crippen molar-refractivity contribution < 1.29 is 9.53 Å². The summed E-state index contributed by atoms with van der Waals surface area (Å²) in [5.41, 5.74) is 6.77. The molecular formula is C15H24N2O2. The molecular weight excluding hydrogens is 240 g/mol. The zero-order valence-electron chi connectivity index (χ0n) is 12.2. The van der Waals surface area contributed by atoms with Crippen LogP contribution in [0.1, 0.15) is 25.8 Å². The first-order valence-electron chi connectivity index (χ1n) is 6.58. The third-order valence-electron chi connectivity index (χ3n) is 3.26. The number of rotatable bonds is 6. The SMILES string of the molecule is COc1ccccc1CC(C)N(C)C(=O)CC(C)N. The van der Waals surface area contributed by atoms with Crippen LogP contribution >= 0.6 is 0 Å². The Morgan fingerprint density at radius 3 is 2.58 bits per heavy atom. The van der Waals surface area contributed by atoms with E-state index in [4.69, 9.17) is 10.5 Å². The fraction of sp³-hybridized carbons (Fsp3) is 0.533. The second kappa shape index (κ2) is 7.14. The van der Waals surface area contributed by atoms with Gasteiger partial charge in [0.2, 0.25) is 5.91 Å². The van der Waals surface area contributed by atoms with Crippen molar-refractivity contribution in [3.8, 4) is 5.75 Å². The lowest BCUT2D eigenvalue weighted by atomic mass is 10.0. The van der Waals surface area contributed by atoms with E-state index in [1.807, 2.05) is 45.2 Å². The summed E-state index contributed by atoms with van der Waals surface area (Å²) in [5, 5.41) is 0. The summed E-state index contributed by atoms with van der Waals surface area (Å²) in [6.07, 6.45) is 1.15. The summed E-state index contributed by atoms with van der Waals surface area (Å²) < 4.78 is 5.33. The minimum atomic E-state index is -0.103. The molecule has 0 saturated heterocycles. The van der Waals surface area contributed by atoms with Crippen molar-refractivity contribution in [1.29, 1.82) is 0 Å². The summed E-state index contributed by atoms with van der Waals surface area (Å²) in [6, 6.07) is 7.90. The molecule has 0 heterocycles. The van der Waals surface area contributed by atoms with E-state index >= 15 is 0 Å². The molecule has 2 N–H and O–H groups in total. The molecule has 1 rings (SSSR count). The van der Waals surface area contributed by atoms with Crippen molar-refractivity contribution in [2.45, 2.75) is 38.8 Å². The quantitative estimate of drug-likeness (QED) is 0.852. The lowest BCUT2D eigenvalue weighted by Crippen LogP contribution is -2.39. The van der Waals surface area contributed by atoms with Crippen LogP contribution in [0.4, 0.5) is 0 Å². The van der Waals surface area contributed by atoms with Crippen molar-refractivity contribution in [1.82, 2.24) is 4.90 Å². The van der Waals surface area contributed by atoms with Gasteiger partial charge in [-0.25, -0.2) is 0 Å². The number of hydrogen-bond acceptors (Lipinski definition) is 3. The van der Waals surface area contributed by atoms with Crippen molar-refractivity contribution in [3.63, 3.8) is 0 Å². The molecule has 1 aromatic carbocycles. The van der Waals surface area contributed by atoms with Crippen LogP contribution in [-0.2, 0) is 11.2 Å². The lowest BCUT2D eigenvalue weighted by Gasteiger charge is -2.26. The molecule has 1 aromatic rings. The minimum absolute atomic E-state index is 0.0809. The Bertz CT molecular complexity index is 418. The summed E-state index contributed by atoms with van der Waals surface area (Å²) in [5.74, 6) is 0.944. The van der Waals surface area contributed by atoms with Gasteiger partial charge < -0.3 is 15.4 Å². The van der Waals surface area contributed by atoms with Gasteiger partial charge in [-0.2, -0.15) is 0 Å². The number of ether oxygens (including phenoxy) is 1. The van der Waals surface area contributed by atoms with Crippen molar-refractivity contribution in [3.05, 3.63) is 29.8 Å². The minimum Gasteiger partial charge on any atom is -0.496 e. The first-order chi connectivity index (χ1) is 8.95. The Morgan fingerprint density at radius 1 is 1.37 bits per heavy atom. The number of methoxy groups -OCH3 is 1. The van der Waals surface area contributed by atoms with Crippen LogP contribution in [0.15, 0.2) is 24.3 Å². The maximum absolute atomic E-state index is 12.0. The van der Waals surface area contributed by atoms with Gasteiger partial charge >= 0.3 is 0 Å². The van der Waals surface area contributed by atoms with Crippen LogP contribution in [-0.4, -0.2) is 37.0 Å². The lowest BCUT2D eigenvalue weighted by molar-refractivity contribution is -0.131. The van der Waals surface area contributed by atoms with E-state index in [1.165, 1.54) is 0 Å². The Balaban J connectivity index is 2.68. The van der Waals surface area contributed by atoms with Crippen LogP contribution in [0.25, 0.3) is 0 Å². The largest absolute Gasteiger partial charge is 0.496 e. The molecule has 0 spiro atoms. The topological polar surface area (TPSA) is 55.6 Å². The van der Waals surface area contributed by atoms with E-state index in [0.717, 1.165) is 17.7 Å². The molecule has 0 aromatic heterocycles. The average Bonchev–Trinajstić information content (AvgIpc) is 2.37. The first kappa shape index (κ1) is 15.5. The number of para-hydroxylation sites is 1. The normalized spacial score (nSPS) is 13.7. The average molecular weight is 264 g/mol. The van der Waals surface area contributed by atoms with Gasteiger partial charge in [0.15, 0.2) is 0 Å². The van der Waals surface area contributed by atoms with Gasteiger partial charge in [0, 0.05) is 25.6 Å². The zero-order chi connectivity index (χ0) is 14.4. The number of nitrogens with two attached hydrogens (primary N) is 1. The van der Waals surface area contributed by atoms with E-state index in [-0.39, 0.29) is 18.0 Å². The molecule has 106 valence electrons. The molecule has 4 heteroatoms. The third-order valence-corrected chi connectivity index (χ3v) is 3.26. The Kier molecular flexibility index (Phi) is 5.83. The van der Waals surface area contributed by atoms with Gasteiger partial charge in [-0.3, -0.25) is 4.79 Å². The molecule has 0 bridgehead atoms. The van der Waals surface area contributed by atoms with Crippen LogP contribution in [0.5, 0.6) is 5.75 Å². The Morgan fingerprint density at radius 2 is 2.00 bits per heavy atom. The Labute approximate surface area is 115 Å². The van der Waals surface area contributed by atoms with Crippen LogP contribution < -0.4 is 10.5 Å².